The van der Waals surface area contributed by atoms with Crippen molar-refractivity contribution in [2.24, 2.45) is 0 Å². The Bertz CT molecular complexity index is 1740. The molecule has 306 valence electrons. The van der Waals surface area contributed by atoms with Crippen LogP contribution in [0.15, 0.2) is 71.9 Å². The van der Waals surface area contributed by atoms with Crippen molar-refractivity contribution in [2.75, 3.05) is 25.6 Å². The quantitative estimate of drug-likeness (QED) is 0.0273. The Labute approximate surface area is 327 Å². The summed E-state index contributed by atoms with van der Waals surface area (Å²) >= 11 is 0. The highest BCUT2D eigenvalue weighted by Gasteiger charge is 2.43. The Balaban J connectivity index is 1.45. The molecule has 3 rings (SSSR count). The van der Waals surface area contributed by atoms with Crippen molar-refractivity contribution in [3.63, 3.8) is 0 Å². The molecule has 8 N–H and O–H groups in total. The number of nitrogens with one attached hydrogen (secondary N) is 2. The number of hydrogen-bond donors (Lipinski definition) is 8. The van der Waals surface area contributed by atoms with Gasteiger partial charge in [0, 0.05) is 36.2 Å². The number of benzene rings is 1. The third-order valence-corrected chi connectivity index (χ3v) is 14.3. The van der Waals surface area contributed by atoms with E-state index in [0.717, 1.165) is 11.1 Å². The van der Waals surface area contributed by atoms with Gasteiger partial charge in [-0.25, -0.2) is 13.7 Å². The van der Waals surface area contributed by atoms with Crippen LogP contribution in [0.2, 0.25) is 0 Å². The van der Waals surface area contributed by atoms with E-state index in [0.29, 0.717) is 37.9 Å². The lowest BCUT2D eigenvalue weighted by atomic mass is 9.80. The number of ether oxygens (including phenoxy) is 2. The lowest BCUT2D eigenvalue weighted by Crippen LogP contribution is -2.36. The van der Waals surface area contributed by atoms with Gasteiger partial charge in [0.15, 0.2) is 0 Å². The van der Waals surface area contributed by atoms with Gasteiger partial charge in [-0.3, -0.25) is 14.1 Å². The molecule has 0 aromatic heterocycles. The van der Waals surface area contributed by atoms with E-state index in [1.807, 2.05) is 57.2 Å². The number of unbranched alkanes of at least 4 members (excludes halogenated alkanes) is 1. The first-order valence-corrected chi connectivity index (χ1v) is 23.6. The second kappa shape index (κ2) is 21.8. The molecule has 24 heteroatoms. The molecule has 1 aromatic rings. The number of amides is 2. The van der Waals surface area contributed by atoms with E-state index >= 15 is 0 Å². The number of carbonyl (C=O) groups excluding carboxylic acids is 2. The van der Waals surface area contributed by atoms with Crippen LogP contribution >= 0.6 is 45.1 Å². The van der Waals surface area contributed by atoms with Crippen LogP contribution in [0.1, 0.15) is 56.8 Å². The SMILES string of the molecule is CC1=C/C=C\C=C/C([C@H]2CC(OCSSC(C)(C)CNC(=O)CCCCNC(=O)c3ccc(B(O)O)cc3)[C@@H](COP(=O)(O)OP(=O)(O)OP(=O)(O)O)O2)=C\1. The maximum Gasteiger partial charge on any atom is 0.490 e. The molecular formula is C31H46BN2O16P3S2. The Kier molecular flexibility index (Phi) is 18.8. The zero-order chi connectivity index (χ0) is 40.9. The van der Waals surface area contributed by atoms with Crippen LogP contribution in [-0.4, -0.2) is 97.2 Å². The van der Waals surface area contributed by atoms with Gasteiger partial charge in [-0.2, -0.15) is 8.62 Å². The van der Waals surface area contributed by atoms with E-state index in [-0.39, 0.29) is 29.6 Å². The van der Waals surface area contributed by atoms with Crippen LogP contribution in [0.25, 0.3) is 0 Å². The molecule has 1 saturated heterocycles. The van der Waals surface area contributed by atoms with Gasteiger partial charge in [0.1, 0.15) is 12.0 Å². The van der Waals surface area contributed by atoms with Crippen molar-refractivity contribution in [3.05, 3.63) is 77.4 Å². The number of phosphoric acid groups is 3. The highest BCUT2D eigenvalue weighted by molar-refractivity contribution is 8.77. The summed E-state index contributed by atoms with van der Waals surface area (Å²) in [6, 6.07) is 5.89. The van der Waals surface area contributed by atoms with Gasteiger partial charge in [-0.15, -0.1) is 0 Å². The Morgan fingerprint density at radius 1 is 0.982 bits per heavy atom. The summed E-state index contributed by atoms with van der Waals surface area (Å²) in [6.07, 6.45) is 10.6. The Morgan fingerprint density at radius 3 is 2.36 bits per heavy atom. The van der Waals surface area contributed by atoms with Gasteiger partial charge < -0.3 is 49.7 Å². The average molecular weight is 871 g/mol. The fraction of sp³-hybridized carbons (Fsp3) is 0.484. The summed E-state index contributed by atoms with van der Waals surface area (Å²) in [4.78, 5) is 61.8. The topological polar surface area (TPSA) is 277 Å². The summed E-state index contributed by atoms with van der Waals surface area (Å²) in [5, 5.41) is 24.0. The summed E-state index contributed by atoms with van der Waals surface area (Å²) < 4.78 is 59.4. The molecule has 1 aromatic carbocycles. The van der Waals surface area contributed by atoms with E-state index in [1.165, 1.54) is 45.9 Å². The van der Waals surface area contributed by atoms with E-state index in [9.17, 15) is 43.1 Å². The molecule has 1 fully saturated rings. The van der Waals surface area contributed by atoms with E-state index < -0.39 is 60.3 Å². The molecule has 1 heterocycles. The van der Waals surface area contributed by atoms with Crippen molar-refractivity contribution >= 4 is 69.5 Å². The third-order valence-electron chi connectivity index (χ3n) is 7.57. The van der Waals surface area contributed by atoms with Gasteiger partial charge in [0.2, 0.25) is 5.91 Å². The van der Waals surface area contributed by atoms with Crippen LogP contribution in [0, 0.1) is 0 Å². The van der Waals surface area contributed by atoms with Crippen molar-refractivity contribution in [1.29, 1.82) is 0 Å². The number of phosphoric ester groups is 1. The van der Waals surface area contributed by atoms with Crippen molar-refractivity contribution in [1.82, 2.24) is 10.6 Å². The smallest absolute Gasteiger partial charge is 0.423 e. The summed E-state index contributed by atoms with van der Waals surface area (Å²) in [5.74, 6) is -0.326. The Hall–Kier alpha value is -1.87. The minimum Gasteiger partial charge on any atom is -0.423 e. The molecule has 2 aliphatic rings. The molecule has 0 radical (unpaired) electrons. The minimum atomic E-state index is -5.70. The summed E-state index contributed by atoms with van der Waals surface area (Å²) in [6.45, 7) is 5.82. The standard InChI is InChI=1S/C31H46BN2O16P3S2/c1-22-9-5-4-6-10-24(17-22)26-18-27(28(48-26)19-47-52(42,43)50-53(44,45)49-51(39,40)41)46-21-54-55-31(2,3)20-34-29(35)11-7-8-16-33-30(36)23-12-14-25(15-13-23)32(37)38/h4-6,9-10,12-15,17,26-28,37-38H,7-8,11,16,18-21H2,1-3H3,(H,33,36)(H,34,35)(H,42,43)(H,44,45)(H2,39,40,41)/b5-4-,6-4?,9-5?,10-6-,22-9-,22-17?,24-10?,24-17+/t26-,27?,28-/m1/s1. The summed E-state index contributed by atoms with van der Waals surface area (Å²) in [5.41, 5.74) is 2.37. The highest BCUT2D eigenvalue weighted by atomic mass is 33.1. The van der Waals surface area contributed by atoms with Gasteiger partial charge in [0.25, 0.3) is 5.91 Å². The van der Waals surface area contributed by atoms with Crippen LogP contribution in [0.4, 0.5) is 0 Å². The fourth-order valence-electron chi connectivity index (χ4n) is 4.97. The molecule has 0 spiro atoms. The normalized spacial score (nSPS) is 24.1. The summed E-state index contributed by atoms with van der Waals surface area (Å²) in [7, 11) is -15.5. The molecule has 5 atom stereocenters. The third kappa shape index (κ3) is 18.5. The van der Waals surface area contributed by atoms with Gasteiger partial charge in [-0.1, -0.05) is 75.7 Å². The molecule has 2 amide bonds. The lowest BCUT2D eigenvalue weighted by molar-refractivity contribution is -0.121. The van der Waals surface area contributed by atoms with Crippen molar-refractivity contribution < 1.29 is 75.5 Å². The zero-order valence-electron chi connectivity index (χ0n) is 30.2. The van der Waals surface area contributed by atoms with Crippen molar-refractivity contribution in [2.45, 2.75) is 69.5 Å². The van der Waals surface area contributed by atoms with E-state index in [2.05, 4.69) is 19.3 Å². The van der Waals surface area contributed by atoms with Crippen LogP contribution in [0.5, 0.6) is 0 Å². The maximum atomic E-state index is 12.5. The maximum absolute atomic E-state index is 12.5. The number of rotatable bonds is 22. The number of allylic oxidation sites excluding steroid dienone is 6. The van der Waals surface area contributed by atoms with Crippen LogP contribution < -0.4 is 16.1 Å². The predicted octanol–water partition coefficient (Wildman–Crippen LogP) is 3.38. The van der Waals surface area contributed by atoms with Gasteiger partial charge >= 0.3 is 30.6 Å². The lowest BCUT2D eigenvalue weighted by Gasteiger charge is -2.24. The molecular weight excluding hydrogens is 824 g/mol. The molecule has 55 heavy (non-hydrogen) atoms. The number of carbonyl (C=O) groups is 2. The van der Waals surface area contributed by atoms with Gasteiger partial charge in [-0.05, 0) is 56.8 Å². The van der Waals surface area contributed by atoms with Crippen LogP contribution in [-0.2, 0) is 41.1 Å². The predicted molar refractivity (Wildman–Crippen MR) is 208 cm³/mol. The molecule has 3 unspecified atom stereocenters. The first-order valence-electron chi connectivity index (χ1n) is 16.7. The molecule has 0 saturated carbocycles. The second-order valence-electron chi connectivity index (χ2n) is 12.9. The number of hydrogen-bond acceptors (Lipinski definition) is 14. The fourth-order valence-corrected chi connectivity index (χ4v) is 10.2. The first kappa shape index (κ1) is 47.5. The highest BCUT2D eigenvalue weighted by Crippen LogP contribution is 2.66. The van der Waals surface area contributed by atoms with E-state index in [4.69, 9.17) is 23.8 Å². The van der Waals surface area contributed by atoms with E-state index in [1.54, 1.807) is 0 Å². The zero-order valence-corrected chi connectivity index (χ0v) is 34.5. The molecule has 18 nitrogen and oxygen atoms in total. The largest absolute Gasteiger partial charge is 0.490 e. The monoisotopic (exact) mass is 870 g/mol. The molecule has 0 bridgehead atoms. The first-order chi connectivity index (χ1) is 25.6. The molecule has 1 aliphatic carbocycles. The molecule has 1 aliphatic heterocycles. The van der Waals surface area contributed by atoms with Gasteiger partial charge in [0.05, 0.1) is 18.8 Å². The second-order valence-corrected chi connectivity index (χ2v) is 20.2. The minimum absolute atomic E-state index is 0.129. The van der Waals surface area contributed by atoms with Crippen LogP contribution in [0.3, 0.4) is 0 Å². The Morgan fingerprint density at radius 2 is 1.69 bits per heavy atom. The average Bonchev–Trinajstić information content (AvgIpc) is 3.47. The van der Waals surface area contributed by atoms with Crippen molar-refractivity contribution in [3.8, 4) is 0 Å².